The first kappa shape index (κ1) is 28.4. The summed E-state index contributed by atoms with van der Waals surface area (Å²) in [5.74, 6) is 6.68. The quantitative estimate of drug-likeness (QED) is 0.257. The Kier molecular flexibility index (Phi) is 16.0. The summed E-state index contributed by atoms with van der Waals surface area (Å²) in [4.78, 5) is 0. The van der Waals surface area contributed by atoms with E-state index in [9.17, 15) is 0 Å². The Morgan fingerprint density at radius 2 is 0.556 bits per heavy atom. The molecule has 0 nitrogen and oxygen atoms in total. The van der Waals surface area contributed by atoms with E-state index >= 15 is 0 Å². The van der Waals surface area contributed by atoms with E-state index in [1.165, 1.54) is 68.5 Å². The first-order valence-electron chi connectivity index (χ1n) is 10.9. The minimum Gasteiger partial charge on any atom is -0.0648 e. The normalized spacial score (nSPS) is 22.2. The molecule has 0 unspecified atom stereocenters. The maximum Gasteiger partial charge on any atom is 2.00 e. The van der Waals surface area contributed by atoms with Gasteiger partial charge in [0.05, 0.1) is 0 Å². The summed E-state index contributed by atoms with van der Waals surface area (Å²) in [5, 5.41) is 0. The number of hydrogen-bond acceptors (Lipinski definition) is 0. The van der Waals surface area contributed by atoms with E-state index in [4.69, 9.17) is 0 Å². The first-order valence-corrected chi connectivity index (χ1v) is 12.7. The van der Waals surface area contributed by atoms with Crippen molar-refractivity contribution in [2.24, 2.45) is 0 Å². The fraction of sp³-hybridized carbons (Fsp3) is 0.667. The van der Waals surface area contributed by atoms with E-state index < -0.39 is 0 Å². The molecule has 2 saturated heterocycles. The molecule has 0 saturated carbocycles. The maximum atomic E-state index is 2.29. The van der Waals surface area contributed by atoms with Crippen LogP contribution in [0.25, 0.3) is 0 Å². The summed E-state index contributed by atoms with van der Waals surface area (Å²) in [6.45, 7) is 18.3. The molecule has 2 aliphatic rings. The molecule has 27 heavy (non-hydrogen) atoms. The monoisotopic (exact) mass is 446 g/mol. The van der Waals surface area contributed by atoms with Crippen LogP contribution < -0.4 is 0 Å². The SMILES string of the molecule is CC[C]1[P][C](CC)[C](CC)[C]1CC.CC[C]1[P][C](CC)[C](CC)[C]1CC.[Fe+2]. The fourth-order valence-electron chi connectivity index (χ4n) is 4.13. The van der Waals surface area contributed by atoms with Crippen molar-refractivity contribution < 1.29 is 17.1 Å². The molecule has 3 heteroatoms. The predicted octanol–water partition coefficient (Wildman–Crippen LogP) is 9.60. The average Bonchev–Trinajstić information content (AvgIpc) is 3.23. The van der Waals surface area contributed by atoms with Crippen LogP contribution in [0.3, 0.4) is 0 Å². The Hall–Kier alpha value is 1.38. The van der Waals surface area contributed by atoms with Gasteiger partial charge >= 0.3 is 17.1 Å². The topological polar surface area (TPSA) is 0 Å². The van der Waals surface area contributed by atoms with Crippen molar-refractivity contribution in [3.8, 4) is 0 Å². The first-order chi connectivity index (χ1) is 12.6. The predicted molar refractivity (Wildman–Crippen MR) is 122 cm³/mol. The maximum absolute atomic E-state index is 2.29. The fourth-order valence-corrected chi connectivity index (χ4v) is 7.13. The molecule has 152 valence electrons. The van der Waals surface area contributed by atoms with Crippen molar-refractivity contribution in [3.05, 3.63) is 46.3 Å². The summed E-state index contributed by atoms with van der Waals surface area (Å²) in [7, 11) is 3.06. The van der Waals surface area contributed by atoms with Crippen LogP contribution in [-0.2, 0) is 17.1 Å². The van der Waals surface area contributed by atoms with Gasteiger partial charge in [0.2, 0.25) is 0 Å². The third-order valence-corrected chi connectivity index (χ3v) is 8.84. The Labute approximate surface area is 187 Å². The van der Waals surface area contributed by atoms with Crippen LogP contribution >= 0.6 is 17.2 Å². The van der Waals surface area contributed by atoms with Gasteiger partial charge in [0.25, 0.3) is 0 Å². The number of rotatable bonds is 8. The Morgan fingerprint density at radius 1 is 0.370 bits per heavy atom. The van der Waals surface area contributed by atoms with Gasteiger partial charge in [-0.15, -0.1) is 0 Å². The van der Waals surface area contributed by atoms with E-state index in [1.54, 1.807) is 46.3 Å². The van der Waals surface area contributed by atoms with Crippen LogP contribution in [-0.4, -0.2) is 0 Å². The van der Waals surface area contributed by atoms with Gasteiger partial charge in [-0.3, -0.25) is 0 Å². The van der Waals surface area contributed by atoms with Gasteiger partial charge in [-0.1, -0.05) is 72.6 Å². The van der Waals surface area contributed by atoms with Gasteiger partial charge in [0, 0.05) is 22.6 Å². The second-order valence-corrected chi connectivity index (χ2v) is 9.36. The van der Waals surface area contributed by atoms with Crippen molar-refractivity contribution >= 4 is 17.2 Å². The minimum absolute atomic E-state index is 0. The summed E-state index contributed by atoms with van der Waals surface area (Å²) >= 11 is 0. The Bertz CT molecular complexity index is 296. The summed E-state index contributed by atoms with van der Waals surface area (Å²) < 4.78 is 0. The molecule has 0 atom stereocenters. The molecule has 0 amide bonds. The summed E-state index contributed by atoms with van der Waals surface area (Å²) in [6, 6.07) is 0. The van der Waals surface area contributed by atoms with Crippen LogP contribution in [0.5, 0.6) is 0 Å². The van der Waals surface area contributed by atoms with Crippen molar-refractivity contribution in [1.29, 1.82) is 0 Å². The molecular weight excluding hydrogens is 406 g/mol. The van der Waals surface area contributed by atoms with E-state index in [1.807, 2.05) is 0 Å². The summed E-state index contributed by atoms with van der Waals surface area (Å²) in [6.07, 6.45) is 9.84. The van der Waals surface area contributed by atoms with Gasteiger partial charge in [-0.25, -0.2) is 0 Å². The smallest absolute Gasteiger partial charge is 0.0648 e. The van der Waals surface area contributed by atoms with E-state index in [0.717, 1.165) is 0 Å². The molecule has 2 rings (SSSR count). The Balaban J connectivity index is 0.000000483. The van der Waals surface area contributed by atoms with Crippen LogP contribution in [0.4, 0.5) is 0 Å². The van der Waals surface area contributed by atoms with Gasteiger partial charge < -0.3 is 0 Å². The van der Waals surface area contributed by atoms with Crippen molar-refractivity contribution in [3.63, 3.8) is 0 Å². The second kappa shape index (κ2) is 15.2. The zero-order valence-corrected chi connectivity index (χ0v) is 21.8. The molecule has 2 aliphatic heterocycles. The molecule has 10 radical (unpaired) electrons. The molecule has 2 heterocycles. The molecule has 0 spiro atoms. The average molecular weight is 446 g/mol. The zero-order valence-electron chi connectivity index (χ0n) is 18.9. The van der Waals surface area contributed by atoms with Gasteiger partial charge in [0.15, 0.2) is 0 Å². The largest absolute Gasteiger partial charge is 2.00 e. The second-order valence-electron chi connectivity index (χ2n) is 6.75. The third kappa shape index (κ3) is 7.23. The van der Waals surface area contributed by atoms with Gasteiger partial charge in [-0.2, -0.15) is 0 Å². The van der Waals surface area contributed by atoms with Crippen LogP contribution in [0.15, 0.2) is 0 Å². The van der Waals surface area contributed by atoms with Crippen molar-refractivity contribution in [2.75, 3.05) is 0 Å². The molecule has 0 aromatic heterocycles. The zero-order chi connectivity index (χ0) is 19.7. The third-order valence-electron chi connectivity index (χ3n) is 5.42. The van der Waals surface area contributed by atoms with E-state index in [0.29, 0.717) is 0 Å². The van der Waals surface area contributed by atoms with Crippen molar-refractivity contribution in [2.45, 2.75) is 107 Å². The minimum atomic E-state index is 0. The molecule has 0 bridgehead atoms. The standard InChI is InChI=1S/2C12H20P.Fe/c2*1-5-9-10(6-2)12(8-4)13-11(9)7-3;/h2*5-8H2,1-4H3;/q;;+2. The van der Waals surface area contributed by atoms with Crippen LogP contribution in [0.1, 0.15) is 107 Å². The molecule has 0 aliphatic carbocycles. The summed E-state index contributed by atoms with van der Waals surface area (Å²) in [5.41, 5.74) is 6.71. The molecule has 2 fully saturated rings. The van der Waals surface area contributed by atoms with E-state index in [-0.39, 0.29) is 17.1 Å². The van der Waals surface area contributed by atoms with Crippen LogP contribution in [0.2, 0.25) is 0 Å². The molecule has 0 aromatic rings. The molecule has 0 N–H and O–H groups in total. The van der Waals surface area contributed by atoms with E-state index in [2.05, 4.69) is 55.4 Å². The van der Waals surface area contributed by atoms with Crippen LogP contribution in [0, 0.1) is 46.3 Å². The van der Waals surface area contributed by atoms with Gasteiger partial charge in [-0.05, 0) is 75.0 Å². The molecular formula is C24H40FeP2+2. The Morgan fingerprint density at radius 3 is 0.667 bits per heavy atom. The van der Waals surface area contributed by atoms with Crippen molar-refractivity contribution in [1.82, 2.24) is 0 Å². The number of hydrogen-bond donors (Lipinski definition) is 0. The van der Waals surface area contributed by atoms with Gasteiger partial charge in [0.1, 0.15) is 0 Å². The molecule has 0 aromatic carbocycles.